The summed E-state index contributed by atoms with van der Waals surface area (Å²) in [7, 11) is 0. The molecular weight excluding hydrogens is 422 g/mol. The van der Waals surface area contributed by atoms with Gasteiger partial charge in [-0.3, -0.25) is 9.59 Å². The highest BCUT2D eigenvalue weighted by Gasteiger charge is 2.60. The van der Waals surface area contributed by atoms with Crippen molar-refractivity contribution in [2.75, 3.05) is 19.7 Å². The van der Waals surface area contributed by atoms with Crippen LogP contribution in [0.4, 0.5) is 0 Å². The molecule has 3 aliphatic rings. The van der Waals surface area contributed by atoms with Crippen LogP contribution < -0.4 is 11.1 Å². The molecule has 10 heteroatoms. The standard InChI is InChI=1S/C21H33N3O6S/c1-10-16-15(11(2)25)19(27)24(16)17(20(28)30-12(3)26)18(10)31-14-6-13(23-7-14)8-29-21(4,5)9-22/h10-11,13-16,23,25H,6-9,22H2,1-5H3/t10-,11-,13+,14+,15-,16-/m1/s1. The number of carbonyl (C=O) groups excluding carboxylic acids is 3. The topological polar surface area (TPSA) is 131 Å². The second-order valence-corrected chi connectivity index (χ2v) is 10.5. The Morgan fingerprint density at radius 1 is 1.42 bits per heavy atom. The van der Waals surface area contributed by atoms with Gasteiger partial charge in [0.15, 0.2) is 0 Å². The van der Waals surface area contributed by atoms with Crippen molar-refractivity contribution >= 4 is 29.6 Å². The van der Waals surface area contributed by atoms with E-state index in [2.05, 4.69) is 5.32 Å². The number of ether oxygens (including phenoxy) is 2. The average molecular weight is 456 g/mol. The molecule has 0 aromatic carbocycles. The fourth-order valence-corrected chi connectivity index (χ4v) is 5.93. The third-order valence-corrected chi connectivity index (χ3v) is 7.69. The number of β-lactam (4-membered cyclic amide) rings is 1. The molecule has 0 bridgehead atoms. The molecule has 3 aliphatic heterocycles. The van der Waals surface area contributed by atoms with E-state index in [0.29, 0.717) is 13.2 Å². The average Bonchev–Trinajstić information content (AvgIpc) is 3.21. The molecule has 1 amide bonds. The number of nitrogens with two attached hydrogens (primary N) is 1. The van der Waals surface area contributed by atoms with Crippen molar-refractivity contribution < 1.29 is 29.0 Å². The van der Waals surface area contributed by atoms with Crippen molar-refractivity contribution in [2.45, 2.75) is 70.1 Å². The maximum Gasteiger partial charge on any atom is 0.363 e. The van der Waals surface area contributed by atoms with Gasteiger partial charge >= 0.3 is 11.9 Å². The van der Waals surface area contributed by atoms with Crippen LogP contribution in [0.15, 0.2) is 10.6 Å². The van der Waals surface area contributed by atoms with Crippen molar-refractivity contribution in [1.29, 1.82) is 0 Å². The first kappa shape index (κ1) is 24.2. The Morgan fingerprint density at radius 3 is 2.68 bits per heavy atom. The number of aliphatic hydroxyl groups excluding tert-OH is 1. The summed E-state index contributed by atoms with van der Waals surface area (Å²) >= 11 is 1.54. The Hall–Kier alpha value is -1.46. The molecule has 2 fully saturated rings. The Kier molecular flexibility index (Phi) is 7.17. The Morgan fingerprint density at radius 2 is 2.10 bits per heavy atom. The van der Waals surface area contributed by atoms with Gasteiger partial charge < -0.3 is 30.5 Å². The Labute approximate surface area is 187 Å². The highest BCUT2D eigenvalue weighted by molar-refractivity contribution is 8.03. The number of hydrogen-bond donors (Lipinski definition) is 3. The molecule has 174 valence electrons. The van der Waals surface area contributed by atoms with E-state index >= 15 is 0 Å². The van der Waals surface area contributed by atoms with E-state index in [9.17, 15) is 19.5 Å². The molecule has 9 nitrogen and oxygen atoms in total. The number of nitrogens with one attached hydrogen (secondary N) is 1. The molecule has 0 aromatic heterocycles. The summed E-state index contributed by atoms with van der Waals surface area (Å²) in [6, 6.07) is -0.138. The van der Waals surface area contributed by atoms with Crippen LogP contribution in [0, 0.1) is 11.8 Å². The summed E-state index contributed by atoms with van der Waals surface area (Å²) in [4.78, 5) is 38.9. The first-order valence-electron chi connectivity index (χ1n) is 10.7. The summed E-state index contributed by atoms with van der Waals surface area (Å²) in [5.74, 6) is -2.53. The van der Waals surface area contributed by atoms with Gasteiger partial charge in [0.25, 0.3) is 0 Å². The first-order chi connectivity index (χ1) is 14.5. The summed E-state index contributed by atoms with van der Waals surface area (Å²) in [5, 5.41) is 13.7. The van der Waals surface area contributed by atoms with Gasteiger partial charge in [-0.2, -0.15) is 0 Å². The van der Waals surface area contributed by atoms with Gasteiger partial charge in [-0.05, 0) is 27.2 Å². The van der Waals surface area contributed by atoms with Gasteiger partial charge in [0, 0.05) is 42.1 Å². The van der Waals surface area contributed by atoms with Crippen LogP contribution in [0.1, 0.15) is 41.0 Å². The van der Waals surface area contributed by atoms with Gasteiger partial charge in [0.1, 0.15) is 5.70 Å². The number of carbonyl (C=O) groups is 3. The van der Waals surface area contributed by atoms with Crippen molar-refractivity contribution in [2.24, 2.45) is 17.6 Å². The SMILES string of the molecule is CC(=O)OC(=O)C1=C(S[C@@H]2CN[C@H](COC(C)(C)CN)C2)[C@H](C)[C@@H]2[C@@H]([C@@H](C)O)C(=O)N12. The molecule has 0 aliphatic carbocycles. The summed E-state index contributed by atoms with van der Waals surface area (Å²) in [5.41, 5.74) is 5.48. The van der Waals surface area contributed by atoms with E-state index in [4.69, 9.17) is 15.2 Å². The van der Waals surface area contributed by atoms with Gasteiger partial charge in [0.05, 0.1) is 30.3 Å². The van der Waals surface area contributed by atoms with Gasteiger partial charge in [-0.15, -0.1) is 11.8 Å². The first-order valence-corrected chi connectivity index (χ1v) is 11.6. The predicted molar refractivity (Wildman–Crippen MR) is 116 cm³/mol. The summed E-state index contributed by atoms with van der Waals surface area (Å²) in [6.45, 7) is 10.3. The van der Waals surface area contributed by atoms with E-state index in [0.717, 1.165) is 24.8 Å². The smallest absolute Gasteiger partial charge is 0.363 e. The number of esters is 2. The molecule has 2 saturated heterocycles. The van der Waals surface area contributed by atoms with E-state index in [1.807, 2.05) is 20.8 Å². The molecule has 0 radical (unpaired) electrons. The monoisotopic (exact) mass is 455 g/mol. The van der Waals surface area contributed by atoms with E-state index in [1.54, 1.807) is 18.7 Å². The van der Waals surface area contributed by atoms with Crippen molar-refractivity contribution in [1.82, 2.24) is 10.2 Å². The maximum atomic E-state index is 12.7. The molecule has 3 rings (SSSR count). The van der Waals surface area contributed by atoms with Crippen LogP contribution >= 0.6 is 11.8 Å². The molecule has 0 unspecified atom stereocenters. The van der Waals surface area contributed by atoms with Gasteiger partial charge in [-0.1, -0.05) is 6.92 Å². The summed E-state index contributed by atoms with van der Waals surface area (Å²) < 4.78 is 10.7. The molecule has 0 saturated carbocycles. The van der Waals surface area contributed by atoms with Gasteiger partial charge in [-0.25, -0.2) is 4.79 Å². The number of aliphatic hydroxyl groups is 1. The number of thioether (sulfide) groups is 1. The van der Waals surface area contributed by atoms with Crippen molar-refractivity contribution in [3.05, 3.63) is 10.6 Å². The predicted octanol–water partition coefficient (Wildman–Crippen LogP) is 0.363. The fraction of sp³-hybridized carbons (Fsp3) is 0.762. The minimum atomic E-state index is -0.814. The molecule has 3 heterocycles. The highest BCUT2D eigenvalue weighted by atomic mass is 32.2. The zero-order valence-electron chi connectivity index (χ0n) is 18.7. The van der Waals surface area contributed by atoms with E-state index < -0.39 is 24.0 Å². The van der Waals surface area contributed by atoms with Crippen LogP contribution in [0.3, 0.4) is 0 Å². The number of amides is 1. The summed E-state index contributed by atoms with van der Waals surface area (Å²) in [6.07, 6.45) is 0.0147. The minimum absolute atomic E-state index is 0.136. The maximum absolute atomic E-state index is 12.7. The lowest BCUT2D eigenvalue weighted by atomic mass is 9.79. The second kappa shape index (κ2) is 9.19. The quantitative estimate of drug-likeness (QED) is 0.270. The number of rotatable bonds is 8. The van der Waals surface area contributed by atoms with Crippen LogP contribution in [-0.4, -0.2) is 76.6 Å². The molecule has 4 N–H and O–H groups in total. The lowest BCUT2D eigenvalue weighted by Crippen LogP contribution is -2.63. The van der Waals surface area contributed by atoms with Gasteiger partial charge in [0.2, 0.25) is 5.91 Å². The molecule has 31 heavy (non-hydrogen) atoms. The number of hydrogen-bond acceptors (Lipinski definition) is 9. The van der Waals surface area contributed by atoms with Crippen molar-refractivity contribution in [3.8, 4) is 0 Å². The van der Waals surface area contributed by atoms with Crippen molar-refractivity contribution in [3.63, 3.8) is 0 Å². The third-order valence-electron chi connectivity index (χ3n) is 6.18. The molecule has 6 atom stereocenters. The number of fused-ring (bicyclic) bond motifs is 1. The van der Waals surface area contributed by atoms with Crippen LogP contribution in [0.25, 0.3) is 0 Å². The number of nitrogens with zero attached hydrogens (tertiary/aromatic N) is 1. The molecule has 0 spiro atoms. The third kappa shape index (κ3) is 4.83. The Balaban J connectivity index is 1.74. The lowest BCUT2D eigenvalue weighted by molar-refractivity contribution is -0.167. The zero-order valence-corrected chi connectivity index (χ0v) is 19.5. The Bertz CT molecular complexity index is 783. The highest BCUT2D eigenvalue weighted by Crippen LogP contribution is 2.52. The second-order valence-electron chi connectivity index (χ2n) is 9.20. The zero-order chi connectivity index (χ0) is 23.1. The van der Waals surface area contributed by atoms with Crippen LogP contribution in [0.5, 0.6) is 0 Å². The molecular formula is C21H33N3O6S. The van der Waals surface area contributed by atoms with E-state index in [1.165, 1.54) is 4.90 Å². The van der Waals surface area contributed by atoms with E-state index in [-0.39, 0.29) is 40.5 Å². The molecule has 0 aromatic rings. The minimum Gasteiger partial charge on any atom is -0.393 e. The fourth-order valence-electron chi connectivity index (χ4n) is 4.41. The lowest BCUT2D eigenvalue weighted by Gasteiger charge is -2.46. The van der Waals surface area contributed by atoms with Crippen LogP contribution in [-0.2, 0) is 23.9 Å². The van der Waals surface area contributed by atoms with Crippen LogP contribution in [0.2, 0.25) is 0 Å². The largest absolute Gasteiger partial charge is 0.393 e. The normalized spacial score (nSPS) is 31.5.